The van der Waals surface area contributed by atoms with Gasteiger partial charge in [-0.2, -0.15) is 0 Å². The van der Waals surface area contributed by atoms with Crippen molar-refractivity contribution in [1.82, 2.24) is 10.0 Å². The molecule has 1 aromatic carbocycles. The van der Waals surface area contributed by atoms with Crippen LogP contribution in [0.3, 0.4) is 0 Å². The monoisotopic (exact) mass is 598 g/mol. The zero-order chi connectivity index (χ0) is 28.8. The molecule has 5 atom stereocenters. The lowest BCUT2D eigenvalue weighted by molar-refractivity contribution is -0.270. The number of rotatable bonds is 8. The van der Waals surface area contributed by atoms with Gasteiger partial charge in [0.1, 0.15) is 23.6 Å². The number of urea groups is 1. The zero-order valence-corrected chi connectivity index (χ0v) is 22.7. The fourth-order valence-corrected chi connectivity index (χ4v) is 5.06. The van der Waals surface area contributed by atoms with E-state index in [1.54, 1.807) is 4.72 Å². The van der Waals surface area contributed by atoms with Gasteiger partial charge in [0.2, 0.25) is 6.29 Å². The number of hydrogen-bond donors (Lipinski definition) is 2. The number of carbonyl (C=O) groups excluding carboxylic acids is 5. The minimum absolute atomic E-state index is 0.144. The molecule has 0 aromatic heterocycles. The number of esters is 4. The van der Waals surface area contributed by atoms with E-state index in [2.05, 4.69) is 5.32 Å². The molecule has 1 fully saturated rings. The first-order valence-corrected chi connectivity index (χ1v) is 12.9. The third-order valence-electron chi connectivity index (χ3n) is 4.69. The molecule has 17 heteroatoms. The molecular formula is C21H24Cl2N2O12S. The van der Waals surface area contributed by atoms with Gasteiger partial charge in [0.15, 0.2) is 12.2 Å². The first-order chi connectivity index (χ1) is 17.6. The number of sulfonamides is 1. The van der Waals surface area contributed by atoms with Gasteiger partial charge in [0.05, 0.1) is 5.02 Å². The highest BCUT2D eigenvalue weighted by Crippen LogP contribution is 2.29. The highest BCUT2D eigenvalue weighted by atomic mass is 35.5. The Kier molecular flexibility index (Phi) is 10.7. The molecule has 2 N–H and O–H groups in total. The van der Waals surface area contributed by atoms with Crippen LogP contribution < -0.4 is 10.0 Å². The van der Waals surface area contributed by atoms with Crippen molar-refractivity contribution in [3.8, 4) is 0 Å². The summed E-state index contributed by atoms with van der Waals surface area (Å²) in [4.78, 5) is 59.1. The van der Waals surface area contributed by atoms with Crippen molar-refractivity contribution < 1.29 is 56.1 Å². The summed E-state index contributed by atoms with van der Waals surface area (Å²) in [5.74, 6) is -3.40. The van der Waals surface area contributed by atoms with Gasteiger partial charge in [0, 0.05) is 32.7 Å². The molecule has 0 spiro atoms. The quantitative estimate of drug-likeness (QED) is 0.320. The number of carbonyl (C=O) groups is 5. The molecule has 38 heavy (non-hydrogen) atoms. The summed E-state index contributed by atoms with van der Waals surface area (Å²) in [6.07, 6.45) is -6.12. The summed E-state index contributed by atoms with van der Waals surface area (Å²) in [6, 6.07) is 0.444. The van der Waals surface area contributed by atoms with Crippen LogP contribution in [0.5, 0.6) is 0 Å². The van der Waals surface area contributed by atoms with E-state index in [0.717, 1.165) is 39.8 Å². The van der Waals surface area contributed by atoms with E-state index in [0.29, 0.717) is 0 Å². The molecule has 1 aliphatic heterocycles. The van der Waals surface area contributed by atoms with Crippen molar-refractivity contribution in [1.29, 1.82) is 0 Å². The summed E-state index contributed by atoms with van der Waals surface area (Å²) in [5.41, 5.74) is 0. The zero-order valence-electron chi connectivity index (χ0n) is 20.4. The van der Waals surface area contributed by atoms with Crippen LogP contribution in [0.25, 0.3) is 0 Å². The van der Waals surface area contributed by atoms with Crippen LogP contribution in [0.4, 0.5) is 4.79 Å². The second-order valence-electron chi connectivity index (χ2n) is 7.78. The lowest BCUT2D eigenvalue weighted by atomic mass is 9.96. The van der Waals surface area contributed by atoms with E-state index in [4.69, 9.17) is 46.9 Å². The topological polar surface area (TPSA) is 190 Å². The van der Waals surface area contributed by atoms with Crippen LogP contribution in [0.1, 0.15) is 27.7 Å². The third kappa shape index (κ3) is 8.72. The SMILES string of the molecule is CC(=O)OCC1O[C@@H](OC(C)=O)[C@@H](NC(=O)NS(=O)(=O)c2ccc(Cl)cc2Cl)C(OC(C)=O)[C@@H]1OC(C)=O. The predicted octanol–water partition coefficient (Wildman–Crippen LogP) is 1.06. The first-order valence-electron chi connectivity index (χ1n) is 10.7. The summed E-state index contributed by atoms with van der Waals surface area (Å²) in [5, 5.41) is 2.06. The molecular weight excluding hydrogens is 575 g/mol. The standard InChI is InChI=1S/C21H24Cl2N2O12S/c1-9(26)33-8-15-18(34-10(2)27)19(35-11(3)28)17(20(37-15)36-12(4)29)24-21(30)25-38(31,32)16-6-5-13(22)7-14(16)23/h5-7,15,17-20H,8H2,1-4H3,(H2,24,25,30)/t15?,17-,18+,19?,20+/m0/s1. The van der Waals surface area contributed by atoms with Crippen LogP contribution in [-0.2, 0) is 52.9 Å². The van der Waals surface area contributed by atoms with Gasteiger partial charge in [-0.1, -0.05) is 23.2 Å². The normalized spacial score (nSPS) is 22.9. The average molecular weight is 599 g/mol. The number of amides is 2. The number of ether oxygens (including phenoxy) is 5. The summed E-state index contributed by atoms with van der Waals surface area (Å²) in [7, 11) is -4.55. The fourth-order valence-electron chi connectivity index (χ4n) is 3.37. The van der Waals surface area contributed by atoms with Crippen LogP contribution in [0.2, 0.25) is 10.0 Å². The van der Waals surface area contributed by atoms with E-state index in [1.807, 2.05) is 0 Å². The molecule has 2 rings (SSSR count). The van der Waals surface area contributed by atoms with Gasteiger partial charge in [-0.05, 0) is 18.2 Å². The Bertz CT molecular complexity index is 1210. The van der Waals surface area contributed by atoms with E-state index in [-0.39, 0.29) is 10.0 Å². The number of nitrogens with one attached hydrogen (secondary N) is 2. The van der Waals surface area contributed by atoms with Gasteiger partial charge >= 0.3 is 29.9 Å². The molecule has 0 aliphatic carbocycles. The molecule has 0 bridgehead atoms. The Balaban J connectivity index is 2.43. The first kappa shape index (κ1) is 31.1. The number of halogens is 2. The molecule has 1 aliphatic rings. The van der Waals surface area contributed by atoms with Crippen LogP contribution in [0.15, 0.2) is 23.1 Å². The van der Waals surface area contributed by atoms with Gasteiger partial charge in [-0.25, -0.2) is 17.9 Å². The average Bonchev–Trinajstić information content (AvgIpc) is 2.74. The smallest absolute Gasteiger partial charge is 0.329 e. The second kappa shape index (κ2) is 13.1. The summed E-state index contributed by atoms with van der Waals surface area (Å²) in [6.45, 7) is 3.62. The van der Waals surface area contributed by atoms with E-state index in [1.165, 1.54) is 6.07 Å². The lowest BCUT2D eigenvalue weighted by Gasteiger charge is -2.44. The maximum absolute atomic E-state index is 12.8. The Morgan fingerprint density at radius 2 is 1.47 bits per heavy atom. The number of benzene rings is 1. The van der Waals surface area contributed by atoms with Crippen molar-refractivity contribution in [2.24, 2.45) is 0 Å². The van der Waals surface area contributed by atoms with Crippen molar-refractivity contribution in [3.05, 3.63) is 28.2 Å². The van der Waals surface area contributed by atoms with Crippen LogP contribution in [-0.4, -0.2) is 75.6 Å². The van der Waals surface area contributed by atoms with E-state index < -0.39 is 82.1 Å². The predicted molar refractivity (Wildman–Crippen MR) is 127 cm³/mol. The molecule has 1 heterocycles. The maximum atomic E-state index is 12.8. The van der Waals surface area contributed by atoms with E-state index in [9.17, 15) is 32.4 Å². The van der Waals surface area contributed by atoms with Gasteiger partial charge < -0.3 is 29.0 Å². The number of hydrogen-bond acceptors (Lipinski definition) is 12. The third-order valence-corrected chi connectivity index (χ3v) is 6.74. The fraction of sp³-hybridized carbons (Fsp3) is 0.476. The van der Waals surface area contributed by atoms with Crippen LogP contribution >= 0.6 is 23.2 Å². The minimum atomic E-state index is -4.55. The molecule has 0 radical (unpaired) electrons. The molecule has 1 aromatic rings. The van der Waals surface area contributed by atoms with Crippen LogP contribution in [0, 0.1) is 0 Å². The molecule has 2 amide bonds. The van der Waals surface area contributed by atoms with Crippen molar-refractivity contribution in [2.45, 2.75) is 63.2 Å². The van der Waals surface area contributed by atoms with Gasteiger partial charge in [0.25, 0.3) is 10.0 Å². The van der Waals surface area contributed by atoms with Crippen molar-refractivity contribution in [3.63, 3.8) is 0 Å². The van der Waals surface area contributed by atoms with Crippen molar-refractivity contribution in [2.75, 3.05) is 6.61 Å². The maximum Gasteiger partial charge on any atom is 0.329 e. The minimum Gasteiger partial charge on any atom is -0.463 e. The lowest BCUT2D eigenvalue weighted by Crippen LogP contribution is -2.67. The molecule has 14 nitrogen and oxygen atoms in total. The summed E-state index contributed by atoms with van der Waals surface area (Å²) < 4.78 is 53.3. The highest BCUT2D eigenvalue weighted by molar-refractivity contribution is 7.90. The molecule has 210 valence electrons. The van der Waals surface area contributed by atoms with Crippen molar-refractivity contribution >= 4 is 63.1 Å². The Hall–Kier alpha value is -3.14. The molecule has 2 unspecified atom stereocenters. The Morgan fingerprint density at radius 1 is 0.895 bits per heavy atom. The molecule has 0 saturated carbocycles. The van der Waals surface area contributed by atoms with E-state index >= 15 is 0 Å². The Labute approximate surface area is 227 Å². The Morgan fingerprint density at radius 3 is 2.00 bits per heavy atom. The second-order valence-corrected chi connectivity index (χ2v) is 10.3. The summed E-state index contributed by atoms with van der Waals surface area (Å²) >= 11 is 11.7. The highest BCUT2D eigenvalue weighted by Gasteiger charge is 2.52. The van der Waals surface area contributed by atoms with Gasteiger partial charge in [-0.3, -0.25) is 19.2 Å². The largest absolute Gasteiger partial charge is 0.463 e. The van der Waals surface area contributed by atoms with Gasteiger partial charge in [-0.15, -0.1) is 0 Å². The molecule has 1 saturated heterocycles.